The summed E-state index contributed by atoms with van der Waals surface area (Å²) in [6.45, 7) is 1.91. The van der Waals surface area contributed by atoms with Crippen LogP contribution in [-0.4, -0.2) is 50.1 Å². The van der Waals surface area contributed by atoms with Crippen molar-refractivity contribution in [1.82, 2.24) is 24.8 Å². The molecule has 1 fully saturated rings. The van der Waals surface area contributed by atoms with Gasteiger partial charge in [-0.3, -0.25) is 14.0 Å². The van der Waals surface area contributed by atoms with Crippen LogP contribution in [0.4, 0.5) is 0 Å². The van der Waals surface area contributed by atoms with E-state index in [-0.39, 0.29) is 24.8 Å². The third-order valence-electron chi connectivity index (χ3n) is 6.14. The zero-order valence-corrected chi connectivity index (χ0v) is 16.6. The molecule has 3 aromatic rings. The highest BCUT2D eigenvalue weighted by atomic mass is 16.5. The van der Waals surface area contributed by atoms with E-state index >= 15 is 0 Å². The predicted molar refractivity (Wildman–Crippen MR) is 109 cm³/mol. The Morgan fingerprint density at radius 2 is 1.90 bits per heavy atom. The second-order valence-electron chi connectivity index (χ2n) is 7.88. The first-order chi connectivity index (χ1) is 14.7. The van der Waals surface area contributed by atoms with Gasteiger partial charge in [-0.1, -0.05) is 24.3 Å². The van der Waals surface area contributed by atoms with Gasteiger partial charge in [0, 0.05) is 31.5 Å². The molecule has 1 N–H and O–H groups in total. The third-order valence-corrected chi connectivity index (χ3v) is 6.14. The largest absolute Gasteiger partial charge is 0.381 e. The molecule has 2 aromatic heterocycles. The van der Waals surface area contributed by atoms with Crippen LogP contribution in [0.3, 0.4) is 0 Å². The Bertz CT molecular complexity index is 1100. The normalized spacial score (nSPS) is 17.9. The minimum absolute atomic E-state index is 0.00347. The van der Waals surface area contributed by atoms with Crippen LogP contribution in [-0.2, 0) is 22.6 Å². The molecule has 8 nitrogen and oxygen atoms in total. The highest BCUT2D eigenvalue weighted by Crippen LogP contribution is 2.38. The summed E-state index contributed by atoms with van der Waals surface area (Å²) in [6, 6.07) is 13.3. The number of hydrogen-bond acceptors (Lipinski definition) is 5. The molecule has 0 atom stereocenters. The summed E-state index contributed by atoms with van der Waals surface area (Å²) in [4.78, 5) is 27.9. The molecule has 0 spiro atoms. The lowest BCUT2D eigenvalue weighted by atomic mass is 9.84. The maximum atomic E-state index is 13.1. The van der Waals surface area contributed by atoms with Gasteiger partial charge in [0.2, 0.25) is 5.91 Å². The van der Waals surface area contributed by atoms with Crippen molar-refractivity contribution in [1.29, 1.82) is 0 Å². The Hall–Kier alpha value is -3.26. The van der Waals surface area contributed by atoms with E-state index in [0.717, 1.165) is 16.8 Å². The van der Waals surface area contributed by atoms with Crippen LogP contribution in [0.5, 0.6) is 0 Å². The van der Waals surface area contributed by atoms with Crippen molar-refractivity contribution in [2.24, 2.45) is 0 Å². The van der Waals surface area contributed by atoms with Gasteiger partial charge in [0.15, 0.2) is 11.5 Å². The highest BCUT2D eigenvalue weighted by molar-refractivity contribution is 5.99. The number of rotatable bonds is 5. The molecule has 0 bridgehead atoms. The van der Waals surface area contributed by atoms with Gasteiger partial charge in [-0.05, 0) is 36.6 Å². The lowest BCUT2D eigenvalue weighted by molar-refractivity contribution is -0.126. The first-order valence-corrected chi connectivity index (χ1v) is 10.2. The van der Waals surface area contributed by atoms with E-state index in [2.05, 4.69) is 15.5 Å². The standard InChI is InChI=1S/C22H23N5O3/c28-20(23-14-19-25-24-18-7-3-4-10-26(18)19)13-22(8-11-30-12-9-22)27-15-16-5-1-2-6-17(16)21(27)29/h1-7,10H,8-9,11-15H2,(H,23,28). The van der Waals surface area contributed by atoms with Gasteiger partial charge in [-0.15, -0.1) is 10.2 Å². The fourth-order valence-electron chi connectivity index (χ4n) is 4.48. The summed E-state index contributed by atoms with van der Waals surface area (Å²) < 4.78 is 7.41. The van der Waals surface area contributed by atoms with Gasteiger partial charge in [-0.2, -0.15) is 0 Å². The van der Waals surface area contributed by atoms with Crippen LogP contribution in [0, 0.1) is 0 Å². The van der Waals surface area contributed by atoms with Gasteiger partial charge < -0.3 is 15.0 Å². The van der Waals surface area contributed by atoms with Crippen molar-refractivity contribution in [3.63, 3.8) is 0 Å². The molecule has 0 radical (unpaired) electrons. The Morgan fingerprint density at radius 1 is 1.10 bits per heavy atom. The smallest absolute Gasteiger partial charge is 0.254 e. The first kappa shape index (κ1) is 18.7. The van der Waals surface area contributed by atoms with Crippen molar-refractivity contribution in [3.05, 3.63) is 65.6 Å². The van der Waals surface area contributed by atoms with E-state index in [1.54, 1.807) is 0 Å². The molecule has 5 rings (SSSR count). The van der Waals surface area contributed by atoms with Gasteiger partial charge in [0.05, 0.1) is 18.5 Å². The summed E-state index contributed by atoms with van der Waals surface area (Å²) in [5, 5.41) is 11.2. The maximum Gasteiger partial charge on any atom is 0.254 e. The van der Waals surface area contributed by atoms with Crippen LogP contribution < -0.4 is 5.32 Å². The molecule has 4 heterocycles. The van der Waals surface area contributed by atoms with Crippen LogP contribution in [0.25, 0.3) is 5.65 Å². The maximum absolute atomic E-state index is 13.1. The molecule has 2 amide bonds. The lowest BCUT2D eigenvalue weighted by Gasteiger charge is -2.44. The minimum Gasteiger partial charge on any atom is -0.381 e. The zero-order valence-electron chi connectivity index (χ0n) is 16.6. The molecule has 154 valence electrons. The van der Waals surface area contributed by atoms with Crippen LogP contribution >= 0.6 is 0 Å². The Balaban J connectivity index is 1.32. The zero-order chi connectivity index (χ0) is 20.6. The number of pyridine rings is 1. The van der Waals surface area contributed by atoms with Crippen LogP contribution in [0.1, 0.15) is 41.0 Å². The molecule has 30 heavy (non-hydrogen) atoms. The molecule has 0 saturated carbocycles. The highest BCUT2D eigenvalue weighted by Gasteiger charge is 2.46. The molecule has 1 aromatic carbocycles. The van der Waals surface area contributed by atoms with Gasteiger partial charge in [0.25, 0.3) is 5.91 Å². The summed E-state index contributed by atoms with van der Waals surface area (Å²) in [7, 11) is 0. The Labute approximate surface area is 173 Å². The Morgan fingerprint density at radius 3 is 2.73 bits per heavy atom. The number of amides is 2. The van der Waals surface area contributed by atoms with Crippen molar-refractivity contribution in [3.8, 4) is 0 Å². The lowest BCUT2D eigenvalue weighted by Crippen LogP contribution is -2.54. The SMILES string of the molecule is O=C(CC1(N2Cc3ccccc3C2=O)CCOCC1)NCc1nnc2ccccn12. The Kier molecular flexibility index (Phi) is 4.71. The van der Waals surface area contributed by atoms with Crippen molar-refractivity contribution in [2.45, 2.75) is 37.9 Å². The van der Waals surface area contributed by atoms with E-state index < -0.39 is 5.54 Å². The molecule has 0 aliphatic carbocycles. The van der Waals surface area contributed by atoms with E-state index in [1.165, 1.54) is 0 Å². The summed E-state index contributed by atoms with van der Waals surface area (Å²) >= 11 is 0. The number of nitrogens with zero attached hydrogens (tertiary/aromatic N) is 4. The average molecular weight is 405 g/mol. The summed E-state index contributed by atoms with van der Waals surface area (Å²) in [5.74, 6) is 0.571. The fraction of sp³-hybridized carbons (Fsp3) is 0.364. The van der Waals surface area contributed by atoms with Crippen LogP contribution in [0.15, 0.2) is 48.7 Å². The predicted octanol–water partition coefficient (Wildman–Crippen LogP) is 1.94. The monoisotopic (exact) mass is 405 g/mol. The van der Waals surface area contributed by atoms with Gasteiger partial charge in [0.1, 0.15) is 0 Å². The number of fused-ring (bicyclic) bond motifs is 2. The van der Waals surface area contributed by atoms with Crippen molar-refractivity contribution < 1.29 is 14.3 Å². The number of carbonyl (C=O) groups excluding carboxylic acids is 2. The van der Waals surface area contributed by atoms with E-state index in [1.807, 2.05) is 58.0 Å². The third kappa shape index (κ3) is 3.23. The molecule has 2 aliphatic rings. The summed E-state index contributed by atoms with van der Waals surface area (Å²) in [6.07, 6.45) is 3.41. The number of ether oxygens (including phenoxy) is 1. The van der Waals surface area contributed by atoms with E-state index in [4.69, 9.17) is 4.74 Å². The quantitative estimate of drug-likeness (QED) is 0.701. The van der Waals surface area contributed by atoms with Crippen molar-refractivity contribution in [2.75, 3.05) is 13.2 Å². The fourth-order valence-corrected chi connectivity index (χ4v) is 4.48. The van der Waals surface area contributed by atoms with Gasteiger partial charge in [-0.25, -0.2) is 0 Å². The number of nitrogens with one attached hydrogen (secondary N) is 1. The first-order valence-electron chi connectivity index (χ1n) is 10.2. The number of carbonyl (C=O) groups is 2. The molecule has 8 heteroatoms. The summed E-state index contributed by atoms with van der Waals surface area (Å²) in [5.41, 5.74) is 1.95. The number of aromatic nitrogens is 3. The van der Waals surface area contributed by atoms with Crippen LogP contribution in [0.2, 0.25) is 0 Å². The number of benzene rings is 1. The topological polar surface area (TPSA) is 88.8 Å². The second-order valence-corrected chi connectivity index (χ2v) is 7.88. The second kappa shape index (κ2) is 7.53. The van der Waals surface area contributed by atoms with E-state index in [9.17, 15) is 9.59 Å². The molecular formula is C22H23N5O3. The molecule has 2 aliphatic heterocycles. The van der Waals surface area contributed by atoms with E-state index in [0.29, 0.717) is 38.4 Å². The number of hydrogen-bond donors (Lipinski definition) is 1. The molecule has 1 saturated heterocycles. The molecule has 0 unspecified atom stereocenters. The minimum atomic E-state index is -0.536. The van der Waals surface area contributed by atoms with Crippen molar-refractivity contribution >= 4 is 17.5 Å². The van der Waals surface area contributed by atoms with Gasteiger partial charge >= 0.3 is 0 Å². The molecular weight excluding hydrogens is 382 g/mol. The average Bonchev–Trinajstić information content (AvgIpc) is 3.35.